The first-order valence-electron chi connectivity index (χ1n) is 11.2. The summed E-state index contributed by atoms with van der Waals surface area (Å²) in [5.74, 6) is 0.409. The van der Waals surface area contributed by atoms with Gasteiger partial charge in [-0.05, 0) is 42.2 Å². The van der Waals surface area contributed by atoms with Crippen molar-refractivity contribution in [1.29, 1.82) is 0 Å². The van der Waals surface area contributed by atoms with Crippen LogP contribution in [-0.4, -0.2) is 36.3 Å². The van der Waals surface area contributed by atoms with E-state index in [0.717, 1.165) is 35.2 Å². The number of nitrogens with one attached hydrogen (secondary N) is 1. The molecule has 4 aromatic rings. The number of carbonyl (C=O) groups excluding carboxylic acids is 1. The first kappa shape index (κ1) is 24.1. The number of hydrogen-bond donors (Lipinski definition) is 1. The van der Waals surface area contributed by atoms with Gasteiger partial charge in [-0.15, -0.1) is 10.2 Å². The number of carbonyl (C=O) groups is 1. The lowest BCUT2D eigenvalue weighted by atomic mass is 10.0. The van der Waals surface area contributed by atoms with E-state index in [4.69, 9.17) is 0 Å². The van der Waals surface area contributed by atoms with Crippen LogP contribution in [0.3, 0.4) is 0 Å². The van der Waals surface area contributed by atoms with Gasteiger partial charge >= 0.3 is 0 Å². The molecule has 0 spiro atoms. The second kappa shape index (κ2) is 10.9. The van der Waals surface area contributed by atoms with Crippen LogP contribution < -0.4 is 5.32 Å². The lowest BCUT2D eigenvalue weighted by Crippen LogP contribution is -2.15. The summed E-state index contributed by atoms with van der Waals surface area (Å²) in [6.45, 7) is 4.21. The monoisotopic (exact) mass is 488 g/mol. The second-order valence-corrected chi connectivity index (χ2v) is 8.60. The largest absolute Gasteiger partial charge is 0.325 e. The molecule has 35 heavy (non-hydrogen) atoms. The molecule has 2 heterocycles. The van der Waals surface area contributed by atoms with Crippen LogP contribution in [0.4, 0.5) is 11.4 Å². The van der Waals surface area contributed by atoms with Crippen molar-refractivity contribution in [2.24, 2.45) is 0 Å². The van der Waals surface area contributed by atoms with Crippen LogP contribution in [0.15, 0.2) is 72.1 Å². The minimum absolute atomic E-state index is 0.0591. The molecule has 0 radical (unpaired) electrons. The Hall–Kier alpha value is -4.05. The summed E-state index contributed by atoms with van der Waals surface area (Å²) in [5.41, 5.74) is 4.42. The SMILES string of the molecule is CCc1cccc(CC)c1-n1c(SCC(=O)Nc2cccc([N+](=O)[O-])c2)nnc1-c1cccnc1. The fraction of sp³-hybridized carbons (Fsp3) is 0.200. The van der Waals surface area contributed by atoms with Crippen LogP contribution >= 0.6 is 11.8 Å². The van der Waals surface area contributed by atoms with Crippen molar-refractivity contribution in [3.8, 4) is 17.1 Å². The number of nitro groups is 1. The van der Waals surface area contributed by atoms with Crippen LogP contribution in [0.1, 0.15) is 25.0 Å². The number of nitro benzene ring substituents is 1. The molecule has 0 aliphatic carbocycles. The Balaban J connectivity index is 1.67. The molecular weight excluding hydrogens is 464 g/mol. The van der Waals surface area contributed by atoms with Crippen molar-refractivity contribution in [3.63, 3.8) is 0 Å². The van der Waals surface area contributed by atoms with E-state index in [9.17, 15) is 14.9 Å². The van der Waals surface area contributed by atoms with E-state index in [1.807, 2.05) is 16.7 Å². The van der Waals surface area contributed by atoms with Gasteiger partial charge in [-0.3, -0.25) is 24.5 Å². The molecule has 10 heteroatoms. The standard InChI is InChI=1S/C25H24N6O3S/c1-3-17-8-5-9-18(4-2)23(17)30-24(19-10-7-13-26-15-19)28-29-25(30)35-16-22(32)27-20-11-6-12-21(14-20)31(33)34/h5-15H,3-4,16H2,1-2H3,(H,27,32). The highest BCUT2D eigenvalue weighted by atomic mass is 32.2. The summed E-state index contributed by atoms with van der Waals surface area (Å²) in [5, 5.41) is 23.2. The van der Waals surface area contributed by atoms with Gasteiger partial charge in [0, 0.05) is 35.8 Å². The summed E-state index contributed by atoms with van der Waals surface area (Å²) < 4.78 is 2.00. The van der Waals surface area contributed by atoms with E-state index in [1.165, 1.54) is 30.0 Å². The summed E-state index contributed by atoms with van der Waals surface area (Å²) in [7, 11) is 0. The molecule has 0 saturated heterocycles. The molecule has 0 aliphatic heterocycles. The van der Waals surface area contributed by atoms with Gasteiger partial charge in [0.1, 0.15) is 0 Å². The maximum atomic E-state index is 12.7. The summed E-state index contributed by atoms with van der Waals surface area (Å²) in [6.07, 6.45) is 5.09. The third-order valence-electron chi connectivity index (χ3n) is 5.41. The molecule has 9 nitrogen and oxygen atoms in total. The zero-order valence-corrected chi connectivity index (χ0v) is 20.2. The van der Waals surface area contributed by atoms with Gasteiger partial charge in [-0.25, -0.2) is 0 Å². The summed E-state index contributed by atoms with van der Waals surface area (Å²) in [4.78, 5) is 27.4. The number of hydrogen-bond acceptors (Lipinski definition) is 7. The van der Waals surface area contributed by atoms with E-state index in [0.29, 0.717) is 16.7 Å². The van der Waals surface area contributed by atoms with Gasteiger partial charge in [0.15, 0.2) is 11.0 Å². The number of benzene rings is 2. The first-order chi connectivity index (χ1) is 17.0. The highest BCUT2D eigenvalue weighted by Gasteiger charge is 2.21. The van der Waals surface area contributed by atoms with Crippen molar-refractivity contribution in [3.05, 3.63) is 88.2 Å². The Labute approximate surface area is 206 Å². The topological polar surface area (TPSA) is 116 Å². The third kappa shape index (κ3) is 5.38. The van der Waals surface area contributed by atoms with E-state index in [2.05, 4.69) is 52.5 Å². The number of thioether (sulfide) groups is 1. The van der Waals surface area contributed by atoms with Crippen molar-refractivity contribution >= 4 is 29.0 Å². The quantitative estimate of drug-likeness (QED) is 0.198. The van der Waals surface area contributed by atoms with E-state index >= 15 is 0 Å². The molecule has 2 aromatic heterocycles. The molecule has 0 aliphatic rings. The molecule has 0 fully saturated rings. The normalized spacial score (nSPS) is 10.8. The lowest BCUT2D eigenvalue weighted by Gasteiger charge is -2.17. The van der Waals surface area contributed by atoms with Crippen LogP contribution in [0, 0.1) is 10.1 Å². The molecule has 0 bridgehead atoms. The number of aromatic nitrogens is 4. The van der Waals surface area contributed by atoms with Crippen molar-refractivity contribution in [1.82, 2.24) is 19.7 Å². The number of pyridine rings is 1. The van der Waals surface area contributed by atoms with Gasteiger partial charge in [-0.1, -0.05) is 49.9 Å². The number of aryl methyl sites for hydroxylation is 2. The van der Waals surface area contributed by atoms with Gasteiger partial charge in [-0.2, -0.15) is 0 Å². The maximum Gasteiger partial charge on any atom is 0.271 e. The first-order valence-corrected chi connectivity index (χ1v) is 12.1. The Kier molecular flexibility index (Phi) is 7.51. The fourth-order valence-corrected chi connectivity index (χ4v) is 4.51. The van der Waals surface area contributed by atoms with E-state index < -0.39 is 4.92 Å². The minimum Gasteiger partial charge on any atom is -0.325 e. The average molecular weight is 489 g/mol. The number of anilines is 1. The highest BCUT2D eigenvalue weighted by Crippen LogP contribution is 2.32. The number of non-ortho nitro benzene ring substituents is 1. The molecule has 0 saturated carbocycles. The van der Waals surface area contributed by atoms with Crippen LogP contribution in [0.5, 0.6) is 0 Å². The Morgan fingerprint density at radius 2 is 1.80 bits per heavy atom. The average Bonchev–Trinajstić information content (AvgIpc) is 3.31. The fourth-order valence-electron chi connectivity index (χ4n) is 3.77. The smallest absolute Gasteiger partial charge is 0.271 e. The molecule has 1 N–H and O–H groups in total. The van der Waals surface area contributed by atoms with Crippen LogP contribution in [0.25, 0.3) is 17.1 Å². The zero-order valence-electron chi connectivity index (χ0n) is 19.3. The van der Waals surface area contributed by atoms with Crippen molar-refractivity contribution in [2.75, 3.05) is 11.1 Å². The lowest BCUT2D eigenvalue weighted by molar-refractivity contribution is -0.384. The number of rotatable bonds is 9. The summed E-state index contributed by atoms with van der Waals surface area (Å²) in [6, 6.07) is 15.9. The molecule has 1 amide bonds. The molecule has 0 atom stereocenters. The van der Waals surface area contributed by atoms with E-state index in [-0.39, 0.29) is 17.3 Å². The Morgan fingerprint density at radius 1 is 1.06 bits per heavy atom. The minimum atomic E-state index is -0.497. The van der Waals surface area contributed by atoms with Gasteiger partial charge in [0.2, 0.25) is 5.91 Å². The van der Waals surface area contributed by atoms with Gasteiger partial charge in [0.25, 0.3) is 5.69 Å². The van der Waals surface area contributed by atoms with Crippen LogP contribution in [0.2, 0.25) is 0 Å². The Morgan fingerprint density at radius 3 is 2.46 bits per heavy atom. The maximum absolute atomic E-state index is 12.7. The number of nitrogens with zero attached hydrogens (tertiary/aromatic N) is 5. The summed E-state index contributed by atoms with van der Waals surface area (Å²) >= 11 is 1.26. The molecular formula is C25H24N6O3S. The van der Waals surface area contributed by atoms with E-state index in [1.54, 1.807) is 18.5 Å². The third-order valence-corrected chi connectivity index (χ3v) is 6.34. The van der Waals surface area contributed by atoms with Crippen molar-refractivity contribution in [2.45, 2.75) is 31.8 Å². The van der Waals surface area contributed by atoms with Gasteiger partial charge < -0.3 is 5.32 Å². The van der Waals surface area contributed by atoms with Gasteiger partial charge in [0.05, 0.1) is 16.4 Å². The Bertz CT molecular complexity index is 1330. The highest BCUT2D eigenvalue weighted by molar-refractivity contribution is 7.99. The predicted molar refractivity (Wildman–Crippen MR) is 136 cm³/mol. The number of para-hydroxylation sites is 1. The van der Waals surface area contributed by atoms with Crippen LogP contribution in [-0.2, 0) is 17.6 Å². The second-order valence-electron chi connectivity index (χ2n) is 7.66. The van der Waals surface area contributed by atoms with Crippen molar-refractivity contribution < 1.29 is 9.72 Å². The number of amides is 1. The molecule has 4 rings (SSSR count). The molecule has 2 aromatic carbocycles. The zero-order chi connectivity index (χ0) is 24.8. The molecule has 0 unspecified atom stereocenters. The molecule has 178 valence electrons. The predicted octanol–water partition coefficient (Wildman–Crippen LogP) is 5.09.